The first kappa shape index (κ1) is 23.3. The summed E-state index contributed by atoms with van der Waals surface area (Å²) < 4.78 is 11.9. The van der Waals surface area contributed by atoms with E-state index < -0.39 is 14.2 Å². The molecular formula is C24H35NO3Si. The molecule has 0 unspecified atom stereocenters. The minimum absolute atomic E-state index is 0.0398. The van der Waals surface area contributed by atoms with Crippen LogP contribution < -0.4 is 5.32 Å². The smallest absolute Gasteiger partial charge is 0.312 e. The van der Waals surface area contributed by atoms with Gasteiger partial charge in [0.2, 0.25) is 0 Å². The van der Waals surface area contributed by atoms with E-state index in [9.17, 15) is 4.79 Å². The SMILES string of the molecule is COC(=O)[C@@H](CNCc1ccccc1)[C@@H](O[Si](C)(C)C(C)(C)C)c1ccccc1. The van der Waals surface area contributed by atoms with E-state index in [1.54, 1.807) is 0 Å². The summed E-state index contributed by atoms with van der Waals surface area (Å²) in [7, 11) is -0.666. The Hall–Kier alpha value is -1.95. The Morgan fingerprint density at radius 2 is 1.55 bits per heavy atom. The zero-order valence-corrected chi connectivity index (χ0v) is 19.6. The normalized spacial score (nSPS) is 14.3. The Bertz CT molecular complexity index is 757. The molecule has 0 saturated carbocycles. The van der Waals surface area contributed by atoms with E-state index in [1.165, 1.54) is 12.7 Å². The summed E-state index contributed by atoms with van der Waals surface area (Å²) >= 11 is 0. The predicted molar refractivity (Wildman–Crippen MR) is 121 cm³/mol. The first-order valence-corrected chi connectivity index (χ1v) is 13.1. The average molecular weight is 414 g/mol. The second kappa shape index (κ2) is 10.2. The van der Waals surface area contributed by atoms with E-state index in [2.05, 4.69) is 51.3 Å². The summed E-state index contributed by atoms with van der Waals surface area (Å²) in [5, 5.41) is 3.47. The number of methoxy groups -OCH3 is 1. The molecule has 0 amide bonds. The molecule has 1 N–H and O–H groups in total. The van der Waals surface area contributed by atoms with Crippen molar-refractivity contribution >= 4 is 14.3 Å². The standard InChI is InChI=1S/C24H35NO3Si/c1-24(2,3)29(5,6)28-22(20-15-11-8-12-16-20)21(23(26)27-4)18-25-17-19-13-9-7-10-14-19/h7-16,21-22,25H,17-18H2,1-6H3/t21-,22-/m0/s1. The minimum Gasteiger partial charge on any atom is -0.469 e. The van der Waals surface area contributed by atoms with Gasteiger partial charge in [0.25, 0.3) is 0 Å². The maximum Gasteiger partial charge on any atom is 0.312 e. The van der Waals surface area contributed by atoms with Crippen LogP contribution in [-0.2, 0) is 20.5 Å². The average Bonchev–Trinajstić information content (AvgIpc) is 2.70. The Morgan fingerprint density at radius 1 is 1.00 bits per heavy atom. The second-order valence-corrected chi connectivity index (χ2v) is 13.7. The molecule has 2 aromatic carbocycles. The molecular weight excluding hydrogens is 378 g/mol. The number of ether oxygens (including phenoxy) is 1. The molecule has 2 aromatic rings. The van der Waals surface area contributed by atoms with Crippen LogP contribution in [0.25, 0.3) is 0 Å². The van der Waals surface area contributed by atoms with Gasteiger partial charge in [-0.2, -0.15) is 0 Å². The molecule has 0 aliphatic heterocycles. The zero-order valence-electron chi connectivity index (χ0n) is 18.6. The van der Waals surface area contributed by atoms with Gasteiger partial charge >= 0.3 is 5.97 Å². The molecule has 0 saturated heterocycles. The molecule has 5 heteroatoms. The molecule has 0 fully saturated rings. The van der Waals surface area contributed by atoms with Gasteiger partial charge in [-0.15, -0.1) is 0 Å². The molecule has 0 spiro atoms. The Balaban J connectivity index is 2.27. The molecule has 0 aliphatic rings. The van der Waals surface area contributed by atoms with Crippen molar-refractivity contribution in [3.8, 4) is 0 Å². The third-order valence-electron chi connectivity index (χ3n) is 5.76. The summed E-state index contributed by atoms with van der Waals surface area (Å²) in [4.78, 5) is 12.8. The highest BCUT2D eigenvalue weighted by Crippen LogP contribution is 2.41. The predicted octanol–water partition coefficient (Wildman–Crippen LogP) is 5.33. The van der Waals surface area contributed by atoms with E-state index in [4.69, 9.17) is 9.16 Å². The Morgan fingerprint density at radius 3 is 2.07 bits per heavy atom. The molecule has 0 aliphatic carbocycles. The highest BCUT2D eigenvalue weighted by molar-refractivity contribution is 6.74. The highest BCUT2D eigenvalue weighted by Gasteiger charge is 2.42. The minimum atomic E-state index is -2.11. The van der Waals surface area contributed by atoms with Crippen LogP contribution in [0.3, 0.4) is 0 Å². The van der Waals surface area contributed by atoms with Gasteiger partial charge in [0, 0.05) is 13.1 Å². The number of esters is 1. The number of rotatable bonds is 9. The summed E-state index contributed by atoms with van der Waals surface area (Å²) in [6.45, 7) is 12.2. The lowest BCUT2D eigenvalue weighted by Gasteiger charge is -2.41. The summed E-state index contributed by atoms with van der Waals surface area (Å²) in [5.41, 5.74) is 2.19. The lowest BCUT2D eigenvalue weighted by atomic mass is 9.95. The lowest BCUT2D eigenvalue weighted by Crippen LogP contribution is -2.45. The van der Waals surface area contributed by atoms with Crippen LogP contribution in [0.1, 0.15) is 38.0 Å². The van der Waals surface area contributed by atoms with E-state index >= 15 is 0 Å². The maximum absolute atomic E-state index is 12.8. The fraction of sp³-hybridized carbons (Fsp3) is 0.458. The van der Waals surface area contributed by atoms with Gasteiger partial charge in [0.05, 0.1) is 19.1 Å². The van der Waals surface area contributed by atoms with Crippen molar-refractivity contribution in [1.29, 1.82) is 0 Å². The van der Waals surface area contributed by atoms with E-state index in [-0.39, 0.29) is 17.1 Å². The van der Waals surface area contributed by atoms with Crippen LogP contribution in [0.15, 0.2) is 60.7 Å². The van der Waals surface area contributed by atoms with Gasteiger partial charge in [0.15, 0.2) is 8.32 Å². The fourth-order valence-corrected chi connectivity index (χ4v) is 4.24. The first-order chi connectivity index (χ1) is 13.7. The van der Waals surface area contributed by atoms with Crippen LogP contribution in [0.2, 0.25) is 18.1 Å². The number of nitrogens with one attached hydrogen (secondary N) is 1. The zero-order chi connectivity index (χ0) is 21.5. The number of hydrogen-bond acceptors (Lipinski definition) is 4. The monoisotopic (exact) mass is 413 g/mol. The largest absolute Gasteiger partial charge is 0.469 e. The molecule has 29 heavy (non-hydrogen) atoms. The molecule has 2 rings (SSSR count). The number of carbonyl (C=O) groups excluding carboxylic acids is 1. The van der Waals surface area contributed by atoms with Gasteiger partial charge in [-0.1, -0.05) is 81.4 Å². The van der Waals surface area contributed by atoms with E-state index in [0.717, 1.165) is 5.56 Å². The number of benzene rings is 2. The van der Waals surface area contributed by atoms with E-state index in [1.807, 2.05) is 48.5 Å². The Labute approximate surface area is 176 Å². The molecule has 0 aromatic heterocycles. The lowest BCUT2D eigenvalue weighted by molar-refractivity contribution is -0.149. The van der Waals surface area contributed by atoms with Crippen molar-refractivity contribution < 1.29 is 14.0 Å². The summed E-state index contributed by atoms with van der Waals surface area (Å²) in [6, 6.07) is 20.2. The number of carbonyl (C=O) groups is 1. The van der Waals surface area contributed by atoms with Crippen LogP contribution in [-0.4, -0.2) is 27.9 Å². The molecule has 0 bridgehead atoms. The molecule has 2 atom stereocenters. The van der Waals surface area contributed by atoms with Crippen LogP contribution in [0, 0.1) is 5.92 Å². The highest BCUT2D eigenvalue weighted by atomic mass is 28.4. The molecule has 0 radical (unpaired) electrons. The fourth-order valence-electron chi connectivity index (χ4n) is 2.95. The van der Waals surface area contributed by atoms with Gasteiger partial charge in [-0.05, 0) is 29.3 Å². The quantitative estimate of drug-likeness (QED) is 0.446. The van der Waals surface area contributed by atoms with Crippen molar-refractivity contribution in [2.24, 2.45) is 5.92 Å². The van der Waals surface area contributed by atoms with Crippen LogP contribution >= 0.6 is 0 Å². The van der Waals surface area contributed by atoms with Crippen molar-refractivity contribution in [3.05, 3.63) is 71.8 Å². The Kier molecular flexibility index (Phi) is 8.20. The van der Waals surface area contributed by atoms with Crippen molar-refractivity contribution in [2.75, 3.05) is 13.7 Å². The maximum atomic E-state index is 12.8. The third kappa shape index (κ3) is 6.52. The van der Waals surface area contributed by atoms with Gasteiger partial charge < -0.3 is 14.5 Å². The summed E-state index contributed by atoms with van der Waals surface area (Å²) in [5.74, 6) is -0.682. The summed E-state index contributed by atoms with van der Waals surface area (Å²) in [6.07, 6.45) is -0.354. The molecule has 0 heterocycles. The second-order valence-electron chi connectivity index (χ2n) is 8.96. The van der Waals surface area contributed by atoms with Crippen LogP contribution in [0.4, 0.5) is 0 Å². The van der Waals surface area contributed by atoms with Crippen molar-refractivity contribution in [2.45, 2.75) is 51.6 Å². The van der Waals surface area contributed by atoms with Crippen molar-refractivity contribution in [3.63, 3.8) is 0 Å². The third-order valence-corrected chi connectivity index (χ3v) is 10.2. The number of hydrogen-bond donors (Lipinski definition) is 1. The molecule has 158 valence electrons. The topological polar surface area (TPSA) is 47.6 Å². The van der Waals surface area contributed by atoms with E-state index in [0.29, 0.717) is 13.1 Å². The first-order valence-electron chi connectivity index (χ1n) is 10.2. The molecule has 4 nitrogen and oxygen atoms in total. The van der Waals surface area contributed by atoms with Gasteiger partial charge in [0.1, 0.15) is 0 Å². The van der Waals surface area contributed by atoms with Gasteiger partial charge in [-0.25, -0.2) is 0 Å². The van der Waals surface area contributed by atoms with Gasteiger partial charge in [-0.3, -0.25) is 4.79 Å². The van der Waals surface area contributed by atoms with Crippen LogP contribution in [0.5, 0.6) is 0 Å². The van der Waals surface area contributed by atoms with Crippen molar-refractivity contribution in [1.82, 2.24) is 5.32 Å².